The van der Waals surface area contributed by atoms with Gasteiger partial charge >= 0.3 is 0 Å². The minimum atomic E-state index is -0.511. The lowest BCUT2D eigenvalue weighted by molar-refractivity contribution is -0.121. The number of rotatable bonds is 11. The van der Waals surface area contributed by atoms with Crippen LogP contribution in [0.4, 0.5) is 0 Å². The van der Waals surface area contributed by atoms with Crippen molar-refractivity contribution in [1.29, 1.82) is 0 Å². The summed E-state index contributed by atoms with van der Waals surface area (Å²) in [5.74, 6) is -0.00695. The lowest BCUT2D eigenvalue weighted by Crippen LogP contribution is -2.35. The summed E-state index contributed by atoms with van der Waals surface area (Å²) in [7, 11) is 1.60. The topological polar surface area (TPSA) is 79.8 Å². The van der Waals surface area contributed by atoms with Gasteiger partial charge in [-0.3, -0.25) is 4.79 Å². The zero-order valence-corrected chi connectivity index (χ0v) is 13.1. The van der Waals surface area contributed by atoms with Crippen molar-refractivity contribution in [1.82, 2.24) is 10.6 Å². The Balaban J connectivity index is 1.92. The first-order valence-corrected chi connectivity index (χ1v) is 7.98. The van der Waals surface area contributed by atoms with Crippen molar-refractivity contribution in [2.45, 2.75) is 50.7 Å². The lowest BCUT2D eigenvalue weighted by atomic mass is 9.98. The van der Waals surface area contributed by atoms with E-state index in [2.05, 4.69) is 10.6 Å². The average Bonchev–Trinajstić information content (AvgIpc) is 2.51. The van der Waals surface area contributed by atoms with Crippen LogP contribution in [-0.2, 0) is 14.3 Å². The van der Waals surface area contributed by atoms with Crippen LogP contribution >= 0.6 is 0 Å². The maximum absolute atomic E-state index is 11.4. The average molecular weight is 302 g/mol. The van der Waals surface area contributed by atoms with Gasteiger partial charge in [0.15, 0.2) is 0 Å². The van der Waals surface area contributed by atoms with Crippen LogP contribution < -0.4 is 10.6 Å². The van der Waals surface area contributed by atoms with Crippen molar-refractivity contribution in [3.8, 4) is 0 Å². The van der Waals surface area contributed by atoms with Crippen molar-refractivity contribution < 1.29 is 19.4 Å². The number of ether oxygens (including phenoxy) is 2. The van der Waals surface area contributed by atoms with Gasteiger partial charge in [-0.15, -0.1) is 0 Å². The number of carbonyl (C=O) groups excluding carboxylic acids is 1. The number of amides is 1. The van der Waals surface area contributed by atoms with E-state index in [1.807, 2.05) is 0 Å². The summed E-state index contributed by atoms with van der Waals surface area (Å²) < 4.78 is 10.6. The summed E-state index contributed by atoms with van der Waals surface area (Å²) >= 11 is 0. The van der Waals surface area contributed by atoms with E-state index < -0.39 is 6.10 Å². The maximum Gasteiger partial charge on any atom is 0.221 e. The largest absolute Gasteiger partial charge is 0.389 e. The van der Waals surface area contributed by atoms with Gasteiger partial charge in [0, 0.05) is 33.2 Å². The van der Waals surface area contributed by atoms with Crippen LogP contribution in [-0.4, -0.2) is 63.2 Å². The molecular weight excluding hydrogens is 272 g/mol. The maximum atomic E-state index is 11.4. The molecule has 3 N–H and O–H groups in total. The summed E-state index contributed by atoms with van der Waals surface area (Å²) in [4.78, 5) is 11.4. The quantitative estimate of drug-likeness (QED) is 0.483. The zero-order valence-electron chi connectivity index (χ0n) is 13.1. The highest BCUT2D eigenvalue weighted by molar-refractivity contribution is 5.75. The molecule has 0 aromatic heterocycles. The smallest absolute Gasteiger partial charge is 0.221 e. The van der Waals surface area contributed by atoms with E-state index >= 15 is 0 Å². The van der Waals surface area contributed by atoms with E-state index in [-0.39, 0.29) is 5.91 Å². The van der Waals surface area contributed by atoms with Crippen LogP contribution in [0.2, 0.25) is 0 Å². The van der Waals surface area contributed by atoms with E-state index in [0.29, 0.717) is 45.4 Å². The van der Waals surface area contributed by atoms with Gasteiger partial charge in [-0.05, 0) is 12.8 Å². The van der Waals surface area contributed by atoms with Gasteiger partial charge in [-0.25, -0.2) is 0 Å². The molecule has 0 spiro atoms. The molecule has 1 amide bonds. The normalized spacial score (nSPS) is 17.6. The third-order valence-corrected chi connectivity index (χ3v) is 3.61. The van der Waals surface area contributed by atoms with Crippen molar-refractivity contribution in [2.24, 2.45) is 0 Å². The third-order valence-electron chi connectivity index (χ3n) is 3.61. The Hall–Kier alpha value is -0.690. The molecule has 1 saturated carbocycles. The van der Waals surface area contributed by atoms with Crippen molar-refractivity contribution >= 4 is 5.91 Å². The second-order valence-corrected chi connectivity index (χ2v) is 5.54. The van der Waals surface area contributed by atoms with Crippen molar-refractivity contribution in [3.05, 3.63) is 0 Å². The lowest BCUT2D eigenvalue weighted by Gasteiger charge is -2.23. The molecule has 1 aliphatic carbocycles. The van der Waals surface area contributed by atoms with Gasteiger partial charge in [0.1, 0.15) is 0 Å². The Kier molecular flexibility index (Phi) is 10.4. The molecule has 1 unspecified atom stereocenters. The number of aliphatic hydroxyl groups is 1. The molecular formula is C15H30N2O4. The van der Waals surface area contributed by atoms with Gasteiger partial charge in [0.25, 0.3) is 0 Å². The first-order chi connectivity index (χ1) is 10.2. The van der Waals surface area contributed by atoms with Crippen LogP contribution in [0.25, 0.3) is 0 Å². The SMILES string of the molecule is COCCNC(=O)CCNCC(O)COC1CCCCC1. The summed E-state index contributed by atoms with van der Waals surface area (Å²) in [6.45, 7) is 2.44. The molecule has 0 bridgehead atoms. The fraction of sp³-hybridized carbons (Fsp3) is 0.933. The van der Waals surface area contributed by atoms with E-state index in [4.69, 9.17) is 9.47 Å². The predicted molar refractivity (Wildman–Crippen MR) is 81.2 cm³/mol. The molecule has 1 aliphatic rings. The molecule has 6 heteroatoms. The number of carbonyl (C=O) groups is 1. The highest BCUT2D eigenvalue weighted by Crippen LogP contribution is 2.20. The Labute approximate surface area is 127 Å². The van der Waals surface area contributed by atoms with Gasteiger partial charge < -0.3 is 25.2 Å². The van der Waals surface area contributed by atoms with E-state index in [1.165, 1.54) is 19.3 Å². The second-order valence-electron chi connectivity index (χ2n) is 5.54. The van der Waals surface area contributed by atoms with E-state index in [9.17, 15) is 9.90 Å². The van der Waals surface area contributed by atoms with Crippen LogP contribution in [0.3, 0.4) is 0 Å². The van der Waals surface area contributed by atoms with E-state index in [1.54, 1.807) is 7.11 Å². The van der Waals surface area contributed by atoms with Crippen LogP contribution in [0.5, 0.6) is 0 Å². The monoisotopic (exact) mass is 302 g/mol. The molecule has 1 fully saturated rings. The highest BCUT2D eigenvalue weighted by Gasteiger charge is 2.15. The Morgan fingerprint density at radius 3 is 2.76 bits per heavy atom. The highest BCUT2D eigenvalue weighted by atomic mass is 16.5. The molecule has 0 aromatic rings. The number of nitrogens with one attached hydrogen (secondary N) is 2. The molecule has 124 valence electrons. The summed E-state index contributed by atoms with van der Waals surface area (Å²) in [5.41, 5.74) is 0. The fourth-order valence-corrected chi connectivity index (χ4v) is 2.39. The fourth-order valence-electron chi connectivity index (χ4n) is 2.39. The molecule has 21 heavy (non-hydrogen) atoms. The minimum Gasteiger partial charge on any atom is -0.389 e. The molecule has 6 nitrogen and oxygen atoms in total. The number of methoxy groups -OCH3 is 1. The molecule has 0 heterocycles. The van der Waals surface area contributed by atoms with Crippen LogP contribution in [0, 0.1) is 0 Å². The second kappa shape index (κ2) is 11.9. The zero-order chi connectivity index (χ0) is 15.3. The van der Waals surface area contributed by atoms with E-state index in [0.717, 1.165) is 12.8 Å². The van der Waals surface area contributed by atoms with Gasteiger partial charge in [-0.2, -0.15) is 0 Å². The van der Waals surface area contributed by atoms with Crippen LogP contribution in [0.15, 0.2) is 0 Å². The summed E-state index contributed by atoms with van der Waals surface area (Å²) in [5, 5.41) is 15.6. The summed E-state index contributed by atoms with van der Waals surface area (Å²) in [6, 6.07) is 0. The predicted octanol–water partition coefficient (Wildman–Crippen LogP) is 0.439. The first-order valence-electron chi connectivity index (χ1n) is 7.98. The molecule has 1 atom stereocenters. The molecule has 0 aliphatic heterocycles. The van der Waals surface area contributed by atoms with Crippen LogP contribution in [0.1, 0.15) is 38.5 Å². The Bertz CT molecular complexity index is 270. The first kappa shape index (κ1) is 18.4. The van der Waals surface area contributed by atoms with Gasteiger partial charge in [-0.1, -0.05) is 19.3 Å². The van der Waals surface area contributed by atoms with Gasteiger partial charge in [0.2, 0.25) is 5.91 Å². The summed E-state index contributed by atoms with van der Waals surface area (Å²) in [6.07, 6.45) is 6.21. The number of hydrogen-bond donors (Lipinski definition) is 3. The van der Waals surface area contributed by atoms with Crippen molar-refractivity contribution in [2.75, 3.05) is 40.0 Å². The third kappa shape index (κ3) is 9.79. The molecule has 1 rings (SSSR count). The Morgan fingerprint density at radius 2 is 2.05 bits per heavy atom. The number of aliphatic hydroxyl groups excluding tert-OH is 1. The minimum absolute atomic E-state index is 0.00695. The Morgan fingerprint density at radius 1 is 1.29 bits per heavy atom. The van der Waals surface area contributed by atoms with Crippen molar-refractivity contribution in [3.63, 3.8) is 0 Å². The number of hydrogen-bond acceptors (Lipinski definition) is 5. The molecule has 0 saturated heterocycles. The molecule has 0 aromatic carbocycles. The standard InChI is InChI=1S/C15H30N2O4/c1-20-10-9-17-15(19)7-8-16-11-13(18)12-21-14-5-3-2-4-6-14/h13-14,16,18H,2-12H2,1H3,(H,17,19). The molecule has 0 radical (unpaired) electrons. The van der Waals surface area contributed by atoms with Gasteiger partial charge in [0.05, 0.1) is 25.4 Å².